The van der Waals surface area contributed by atoms with Crippen LogP contribution < -0.4 is 5.32 Å². The third-order valence-corrected chi connectivity index (χ3v) is 5.62. The molecule has 5 heteroatoms. The lowest BCUT2D eigenvalue weighted by Crippen LogP contribution is -2.34. The molecule has 3 rings (SSSR count). The Kier molecular flexibility index (Phi) is 5.87. The molecule has 5 nitrogen and oxygen atoms in total. The molecule has 0 saturated heterocycles. The minimum absolute atomic E-state index is 0.00133. The van der Waals surface area contributed by atoms with Crippen molar-refractivity contribution in [3.05, 3.63) is 47.2 Å². The summed E-state index contributed by atoms with van der Waals surface area (Å²) in [4.78, 5) is 14.9. The molecule has 1 atom stereocenters. The molecule has 1 fully saturated rings. The molecule has 26 heavy (non-hydrogen) atoms. The maximum absolute atomic E-state index is 12.8. The van der Waals surface area contributed by atoms with Gasteiger partial charge in [0.25, 0.3) is 5.91 Å². The topological polar surface area (TPSA) is 50.4 Å². The highest BCUT2D eigenvalue weighted by Crippen LogP contribution is 2.32. The Balaban J connectivity index is 1.72. The van der Waals surface area contributed by atoms with Crippen molar-refractivity contribution < 1.29 is 9.21 Å². The highest BCUT2D eigenvalue weighted by Gasteiger charge is 2.24. The van der Waals surface area contributed by atoms with Gasteiger partial charge < -0.3 is 14.3 Å². The second-order valence-electron chi connectivity index (χ2n) is 7.65. The molecular weight excluding hydrogens is 326 g/mol. The van der Waals surface area contributed by atoms with Crippen molar-refractivity contribution in [3.63, 3.8) is 0 Å². The maximum Gasteiger partial charge on any atom is 0.253 e. The van der Waals surface area contributed by atoms with E-state index in [1.165, 1.54) is 37.8 Å². The number of hydrogen-bond acceptors (Lipinski definition) is 3. The number of aryl methyl sites for hydroxylation is 1. The largest absolute Gasteiger partial charge is 0.468 e. The second kappa shape index (κ2) is 8.12. The zero-order chi connectivity index (χ0) is 18.7. The number of nitrogens with one attached hydrogen (secondary N) is 1. The summed E-state index contributed by atoms with van der Waals surface area (Å²) in [6.45, 7) is 4.71. The van der Waals surface area contributed by atoms with Crippen LogP contribution in [0.1, 0.15) is 71.7 Å². The fourth-order valence-electron chi connectivity index (χ4n) is 4.21. The monoisotopic (exact) mass is 357 g/mol. The van der Waals surface area contributed by atoms with E-state index in [1.54, 1.807) is 6.26 Å². The van der Waals surface area contributed by atoms with Crippen LogP contribution in [0.15, 0.2) is 28.9 Å². The minimum atomic E-state index is -0.00133. The smallest absolute Gasteiger partial charge is 0.253 e. The SMILES string of the molecule is Cc1cc(C(=O)NCC(c2ccco2)N(C)C)c(C)n1C1CCCCC1. The molecule has 1 aliphatic carbocycles. The molecule has 2 heterocycles. The molecule has 142 valence electrons. The molecule has 0 aromatic carbocycles. The molecule has 1 unspecified atom stereocenters. The molecule has 1 aliphatic rings. The summed E-state index contributed by atoms with van der Waals surface area (Å²) >= 11 is 0. The van der Waals surface area contributed by atoms with Crippen LogP contribution in [0, 0.1) is 13.8 Å². The minimum Gasteiger partial charge on any atom is -0.468 e. The van der Waals surface area contributed by atoms with Crippen molar-refractivity contribution in [2.24, 2.45) is 0 Å². The van der Waals surface area contributed by atoms with Gasteiger partial charge in [0.1, 0.15) is 5.76 Å². The first kappa shape index (κ1) is 18.8. The maximum atomic E-state index is 12.8. The zero-order valence-corrected chi connectivity index (χ0v) is 16.4. The fraction of sp³-hybridized carbons (Fsp3) is 0.571. The number of furan rings is 1. The molecule has 1 saturated carbocycles. The van der Waals surface area contributed by atoms with Gasteiger partial charge in [-0.3, -0.25) is 9.69 Å². The van der Waals surface area contributed by atoms with Gasteiger partial charge in [-0.15, -0.1) is 0 Å². The van der Waals surface area contributed by atoms with Gasteiger partial charge in [0.15, 0.2) is 0 Å². The van der Waals surface area contributed by atoms with E-state index in [0.29, 0.717) is 12.6 Å². The van der Waals surface area contributed by atoms with Crippen LogP contribution in [0.25, 0.3) is 0 Å². The number of aromatic nitrogens is 1. The van der Waals surface area contributed by atoms with Crippen molar-refractivity contribution in [1.29, 1.82) is 0 Å². The third kappa shape index (κ3) is 3.88. The summed E-state index contributed by atoms with van der Waals surface area (Å²) in [6.07, 6.45) is 8.03. The number of nitrogens with zero attached hydrogens (tertiary/aromatic N) is 2. The second-order valence-corrected chi connectivity index (χ2v) is 7.65. The van der Waals surface area contributed by atoms with Crippen LogP contribution in [0.3, 0.4) is 0 Å². The Bertz CT molecular complexity index is 725. The van der Waals surface area contributed by atoms with Gasteiger partial charge in [-0.1, -0.05) is 19.3 Å². The zero-order valence-electron chi connectivity index (χ0n) is 16.4. The predicted octanol–water partition coefficient (Wildman–Crippen LogP) is 4.24. The Morgan fingerprint density at radius 2 is 2.04 bits per heavy atom. The van der Waals surface area contributed by atoms with E-state index in [4.69, 9.17) is 4.42 Å². The van der Waals surface area contributed by atoms with E-state index in [0.717, 1.165) is 17.0 Å². The van der Waals surface area contributed by atoms with Crippen LogP contribution >= 0.6 is 0 Å². The Morgan fingerprint density at radius 1 is 1.31 bits per heavy atom. The number of rotatable bonds is 6. The van der Waals surface area contributed by atoms with Crippen molar-refractivity contribution in [2.75, 3.05) is 20.6 Å². The average Bonchev–Trinajstić information content (AvgIpc) is 3.24. The molecular formula is C21H31N3O2. The number of carbonyl (C=O) groups is 1. The Hall–Kier alpha value is -2.01. The van der Waals surface area contributed by atoms with Gasteiger partial charge in [-0.25, -0.2) is 0 Å². The summed E-state index contributed by atoms with van der Waals surface area (Å²) in [5, 5.41) is 3.10. The van der Waals surface area contributed by atoms with Crippen LogP contribution in [0.5, 0.6) is 0 Å². The Morgan fingerprint density at radius 3 is 2.65 bits per heavy atom. The average molecular weight is 357 g/mol. The first-order valence-electron chi connectivity index (χ1n) is 9.65. The standard InChI is InChI=1S/C21H31N3O2/c1-15-13-18(16(2)24(15)17-9-6-5-7-10-17)21(25)22-14-19(23(3)4)20-11-8-12-26-20/h8,11-13,17,19H,5-7,9-10,14H2,1-4H3,(H,22,25). The highest BCUT2D eigenvalue weighted by atomic mass is 16.3. The predicted molar refractivity (Wildman–Crippen MR) is 103 cm³/mol. The van der Waals surface area contributed by atoms with E-state index >= 15 is 0 Å². The van der Waals surface area contributed by atoms with Crippen molar-refractivity contribution in [3.8, 4) is 0 Å². The van der Waals surface area contributed by atoms with Gasteiger partial charge in [-0.05, 0) is 59.0 Å². The molecule has 1 amide bonds. The molecule has 2 aromatic rings. The summed E-state index contributed by atoms with van der Waals surface area (Å²) in [5.41, 5.74) is 3.08. The van der Waals surface area contributed by atoms with Crippen LogP contribution in [0.4, 0.5) is 0 Å². The van der Waals surface area contributed by atoms with Gasteiger partial charge in [-0.2, -0.15) is 0 Å². The summed E-state index contributed by atoms with van der Waals surface area (Å²) in [6, 6.07) is 6.44. The van der Waals surface area contributed by atoms with Crippen LogP contribution in [0.2, 0.25) is 0 Å². The molecule has 0 bridgehead atoms. The van der Waals surface area contributed by atoms with Gasteiger partial charge in [0.2, 0.25) is 0 Å². The number of carbonyl (C=O) groups excluding carboxylic acids is 1. The van der Waals surface area contributed by atoms with E-state index < -0.39 is 0 Å². The Labute approximate surface area is 156 Å². The van der Waals surface area contributed by atoms with E-state index in [2.05, 4.69) is 28.6 Å². The quantitative estimate of drug-likeness (QED) is 0.841. The number of amides is 1. The normalized spacial score (nSPS) is 16.8. The number of hydrogen-bond donors (Lipinski definition) is 1. The summed E-state index contributed by atoms with van der Waals surface area (Å²) in [7, 11) is 3.99. The van der Waals surface area contributed by atoms with Gasteiger partial charge in [0.05, 0.1) is 17.9 Å². The van der Waals surface area contributed by atoms with E-state index in [9.17, 15) is 4.79 Å². The lowest BCUT2D eigenvalue weighted by atomic mass is 9.95. The third-order valence-electron chi connectivity index (χ3n) is 5.62. The lowest BCUT2D eigenvalue weighted by molar-refractivity contribution is 0.0938. The van der Waals surface area contributed by atoms with Crippen LogP contribution in [-0.4, -0.2) is 36.0 Å². The van der Waals surface area contributed by atoms with E-state index in [1.807, 2.05) is 32.3 Å². The van der Waals surface area contributed by atoms with Gasteiger partial charge >= 0.3 is 0 Å². The highest BCUT2D eigenvalue weighted by molar-refractivity contribution is 5.95. The molecule has 0 radical (unpaired) electrons. The van der Waals surface area contributed by atoms with E-state index in [-0.39, 0.29) is 11.9 Å². The van der Waals surface area contributed by atoms with Crippen molar-refractivity contribution in [2.45, 2.75) is 58.0 Å². The molecule has 1 N–H and O–H groups in total. The summed E-state index contributed by atoms with van der Waals surface area (Å²) in [5.74, 6) is 0.863. The molecule has 0 spiro atoms. The number of likely N-dealkylation sites (N-methyl/N-ethyl adjacent to an activating group) is 1. The van der Waals surface area contributed by atoms with Gasteiger partial charge in [0, 0.05) is 24.0 Å². The summed E-state index contributed by atoms with van der Waals surface area (Å²) < 4.78 is 7.90. The lowest BCUT2D eigenvalue weighted by Gasteiger charge is -2.26. The molecule has 0 aliphatic heterocycles. The molecule has 2 aromatic heterocycles. The van der Waals surface area contributed by atoms with Crippen LogP contribution in [-0.2, 0) is 0 Å². The first-order valence-corrected chi connectivity index (χ1v) is 9.65. The first-order chi connectivity index (χ1) is 12.5. The fourth-order valence-corrected chi connectivity index (χ4v) is 4.21. The van der Waals surface area contributed by atoms with Crippen molar-refractivity contribution >= 4 is 5.91 Å². The van der Waals surface area contributed by atoms with Crippen molar-refractivity contribution in [1.82, 2.24) is 14.8 Å².